The van der Waals surface area contributed by atoms with Crippen LogP contribution in [0.5, 0.6) is 11.5 Å². The summed E-state index contributed by atoms with van der Waals surface area (Å²) in [5.74, 6) is 1.78. The Hall–Kier alpha value is -2.08. The molecule has 0 bridgehead atoms. The summed E-state index contributed by atoms with van der Waals surface area (Å²) < 4.78 is 11.9. The maximum absolute atomic E-state index is 11.1. The summed E-state index contributed by atoms with van der Waals surface area (Å²) in [4.78, 5) is 4.94. The molecule has 2 aromatic rings. The largest absolute Gasteiger partial charge is 0.492 e. The predicted octanol–water partition coefficient (Wildman–Crippen LogP) is 4.66. The van der Waals surface area contributed by atoms with E-state index in [9.17, 15) is 5.11 Å². The topological polar surface area (TPSA) is 45.2 Å². The van der Waals surface area contributed by atoms with Crippen molar-refractivity contribution in [2.24, 2.45) is 0 Å². The van der Waals surface area contributed by atoms with E-state index >= 15 is 0 Å². The van der Waals surface area contributed by atoms with E-state index in [-0.39, 0.29) is 0 Å². The highest BCUT2D eigenvalue weighted by molar-refractivity contribution is 5.27. The van der Waals surface area contributed by atoms with E-state index < -0.39 is 5.60 Å². The normalized spacial score (nSPS) is 22.6. The van der Waals surface area contributed by atoms with Crippen LogP contribution >= 0.6 is 0 Å². The van der Waals surface area contributed by atoms with E-state index in [0.29, 0.717) is 6.61 Å². The highest BCUT2D eigenvalue weighted by Crippen LogP contribution is 2.25. The van der Waals surface area contributed by atoms with Crippen molar-refractivity contribution in [1.29, 1.82) is 0 Å². The average Bonchev–Trinajstić information content (AvgIpc) is 3.02. The molecule has 2 fully saturated rings. The summed E-state index contributed by atoms with van der Waals surface area (Å²) in [7, 11) is 0. The van der Waals surface area contributed by atoms with Gasteiger partial charge in [0.15, 0.2) is 0 Å². The zero-order valence-electron chi connectivity index (χ0n) is 20.2. The van der Waals surface area contributed by atoms with E-state index in [2.05, 4.69) is 41.0 Å². The lowest BCUT2D eigenvalue weighted by atomic mass is 9.96. The van der Waals surface area contributed by atoms with Crippen LogP contribution in [0, 0.1) is 6.92 Å². The lowest BCUT2D eigenvalue weighted by Gasteiger charge is -2.27. The molecule has 33 heavy (non-hydrogen) atoms. The number of ether oxygens (including phenoxy) is 2. The van der Waals surface area contributed by atoms with Crippen molar-refractivity contribution in [2.75, 3.05) is 45.9 Å². The fourth-order valence-corrected chi connectivity index (χ4v) is 4.81. The maximum atomic E-state index is 11.1. The molecule has 2 aliphatic heterocycles. The second kappa shape index (κ2) is 11.9. The third-order valence-electron chi connectivity index (χ3n) is 6.99. The molecule has 0 amide bonds. The first-order valence-electron chi connectivity index (χ1n) is 12.7. The molecule has 4 rings (SSSR count). The van der Waals surface area contributed by atoms with E-state index in [1.54, 1.807) is 0 Å². The van der Waals surface area contributed by atoms with Gasteiger partial charge in [0.2, 0.25) is 0 Å². The summed E-state index contributed by atoms with van der Waals surface area (Å²) in [5.41, 5.74) is 1.74. The summed E-state index contributed by atoms with van der Waals surface area (Å²) in [5, 5.41) is 11.1. The van der Waals surface area contributed by atoms with E-state index in [4.69, 9.17) is 9.47 Å². The number of aryl methyl sites for hydroxylation is 1. The van der Waals surface area contributed by atoms with Gasteiger partial charge < -0.3 is 14.6 Å². The van der Waals surface area contributed by atoms with Gasteiger partial charge in [-0.15, -0.1) is 0 Å². The molecule has 5 heteroatoms. The van der Waals surface area contributed by atoms with Crippen LogP contribution in [0.15, 0.2) is 48.5 Å². The predicted molar refractivity (Wildman–Crippen MR) is 133 cm³/mol. The van der Waals surface area contributed by atoms with Gasteiger partial charge in [-0.05, 0) is 88.5 Å². The van der Waals surface area contributed by atoms with Crippen molar-refractivity contribution in [3.05, 3.63) is 59.7 Å². The quantitative estimate of drug-likeness (QED) is 0.600. The van der Waals surface area contributed by atoms with Crippen LogP contribution in [0.3, 0.4) is 0 Å². The van der Waals surface area contributed by atoms with Crippen LogP contribution < -0.4 is 9.47 Å². The van der Waals surface area contributed by atoms with Crippen LogP contribution in [0.2, 0.25) is 0 Å². The van der Waals surface area contributed by atoms with Crippen molar-refractivity contribution in [3.8, 4) is 11.5 Å². The molecule has 0 saturated carbocycles. The van der Waals surface area contributed by atoms with Gasteiger partial charge in [0.1, 0.15) is 24.7 Å². The Labute approximate surface area is 199 Å². The summed E-state index contributed by atoms with van der Waals surface area (Å²) in [6, 6.07) is 16.6. The van der Waals surface area contributed by atoms with Gasteiger partial charge in [0, 0.05) is 19.6 Å². The molecule has 2 saturated heterocycles. The number of nitrogens with zero attached hydrogens (tertiary/aromatic N) is 2. The third-order valence-corrected chi connectivity index (χ3v) is 6.99. The van der Waals surface area contributed by atoms with Crippen LogP contribution in [-0.2, 0) is 6.54 Å². The molecule has 0 aliphatic carbocycles. The second-order valence-corrected chi connectivity index (χ2v) is 9.85. The standard InChI is InChI=1S/C28H40N2O3/c1-24-6-10-27(11-7-24)33-23-28(31)14-5-18-30(19-15-28)22-25-8-12-26(13-9-25)32-21-20-29-16-3-2-4-17-29/h6-13,31H,2-5,14-23H2,1H3/t28-/m1/s1. The Morgan fingerprint density at radius 3 is 2.18 bits per heavy atom. The average molecular weight is 453 g/mol. The molecule has 1 atom stereocenters. The minimum Gasteiger partial charge on any atom is -0.492 e. The SMILES string of the molecule is Cc1ccc(OC[C@@]2(O)CCCN(Cc3ccc(OCCN4CCCCC4)cc3)CC2)cc1. The lowest BCUT2D eigenvalue weighted by Crippen LogP contribution is -2.37. The Kier molecular flexibility index (Phi) is 8.65. The monoisotopic (exact) mass is 452 g/mol. The Balaban J connectivity index is 1.19. The number of benzene rings is 2. The van der Waals surface area contributed by atoms with E-state index in [1.807, 2.05) is 24.3 Å². The fourth-order valence-electron chi connectivity index (χ4n) is 4.81. The Morgan fingerprint density at radius 1 is 0.758 bits per heavy atom. The second-order valence-electron chi connectivity index (χ2n) is 9.85. The summed E-state index contributed by atoms with van der Waals surface area (Å²) >= 11 is 0. The van der Waals surface area contributed by atoms with Gasteiger partial charge in [-0.1, -0.05) is 36.2 Å². The highest BCUT2D eigenvalue weighted by Gasteiger charge is 2.31. The van der Waals surface area contributed by atoms with Gasteiger partial charge in [-0.2, -0.15) is 0 Å². The zero-order chi connectivity index (χ0) is 22.9. The molecule has 5 nitrogen and oxygen atoms in total. The molecule has 0 unspecified atom stereocenters. The van der Waals surface area contributed by atoms with Crippen molar-refractivity contribution >= 4 is 0 Å². The number of rotatable bonds is 9. The van der Waals surface area contributed by atoms with Crippen LogP contribution in [0.1, 0.15) is 49.7 Å². The van der Waals surface area contributed by atoms with E-state index in [0.717, 1.165) is 63.5 Å². The molecule has 180 valence electrons. The van der Waals surface area contributed by atoms with Crippen LogP contribution in [0.25, 0.3) is 0 Å². The molecule has 0 spiro atoms. The van der Waals surface area contributed by atoms with Gasteiger partial charge >= 0.3 is 0 Å². The lowest BCUT2D eigenvalue weighted by molar-refractivity contribution is -0.0168. The van der Waals surface area contributed by atoms with Crippen molar-refractivity contribution < 1.29 is 14.6 Å². The van der Waals surface area contributed by atoms with Crippen LogP contribution in [-0.4, -0.2) is 66.4 Å². The highest BCUT2D eigenvalue weighted by atomic mass is 16.5. The fraction of sp³-hybridized carbons (Fsp3) is 0.571. The third kappa shape index (κ3) is 7.73. The molecule has 2 heterocycles. The maximum Gasteiger partial charge on any atom is 0.119 e. The molecular formula is C28H40N2O3. The Morgan fingerprint density at radius 2 is 1.42 bits per heavy atom. The van der Waals surface area contributed by atoms with Crippen molar-refractivity contribution in [2.45, 2.75) is 57.6 Å². The van der Waals surface area contributed by atoms with Crippen LogP contribution in [0.4, 0.5) is 0 Å². The molecule has 0 radical (unpaired) electrons. The molecule has 2 aromatic carbocycles. The van der Waals surface area contributed by atoms with E-state index in [1.165, 1.54) is 43.5 Å². The van der Waals surface area contributed by atoms with Crippen molar-refractivity contribution in [3.63, 3.8) is 0 Å². The van der Waals surface area contributed by atoms with Crippen molar-refractivity contribution in [1.82, 2.24) is 9.80 Å². The zero-order valence-corrected chi connectivity index (χ0v) is 20.2. The summed E-state index contributed by atoms with van der Waals surface area (Å²) in [6.45, 7) is 9.41. The first-order chi connectivity index (χ1) is 16.1. The smallest absolute Gasteiger partial charge is 0.119 e. The van der Waals surface area contributed by atoms with Gasteiger partial charge in [-0.3, -0.25) is 9.80 Å². The minimum absolute atomic E-state index is 0.355. The Bertz CT molecular complexity index is 833. The summed E-state index contributed by atoms with van der Waals surface area (Å²) in [6.07, 6.45) is 6.50. The van der Waals surface area contributed by atoms with Gasteiger partial charge in [-0.25, -0.2) is 0 Å². The number of aliphatic hydroxyl groups is 1. The number of hydrogen-bond acceptors (Lipinski definition) is 5. The first-order valence-corrected chi connectivity index (χ1v) is 12.7. The molecule has 2 aliphatic rings. The molecule has 1 N–H and O–H groups in total. The number of hydrogen-bond donors (Lipinski definition) is 1. The molecule has 0 aromatic heterocycles. The number of piperidine rings is 1. The first kappa shape index (κ1) is 24.1. The number of likely N-dealkylation sites (tertiary alicyclic amines) is 2. The molecular weight excluding hydrogens is 412 g/mol. The minimum atomic E-state index is -0.758. The van der Waals surface area contributed by atoms with Gasteiger partial charge in [0.25, 0.3) is 0 Å². The van der Waals surface area contributed by atoms with Gasteiger partial charge in [0.05, 0.1) is 5.60 Å².